The third-order valence-electron chi connectivity index (χ3n) is 2.18. The van der Waals surface area contributed by atoms with Crippen molar-refractivity contribution in [2.75, 3.05) is 20.7 Å². The summed E-state index contributed by atoms with van der Waals surface area (Å²) < 4.78 is 5.54. The summed E-state index contributed by atoms with van der Waals surface area (Å²) in [6.45, 7) is 3.36. The first-order valence-corrected chi connectivity index (χ1v) is 5.41. The lowest BCUT2D eigenvalue weighted by atomic mass is 10.2. The minimum Gasteiger partial charge on any atom is -0.494 e. The molecule has 0 aromatic heterocycles. The number of nitrogens with one attached hydrogen (secondary N) is 2. The van der Waals surface area contributed by atoms with E-state index in [1.807, 2.05) is 38.2 Å². The number of hydrogen-bond acceptors (Lipinski definition) is 2. The molecule has 2 N–H and O–H groups in total. The maximum Gasteiger partial charge on any atom is 0.190 e. The number of aliphatic imine (C=N–C) groups is 1. The average molecular weight is 221 g/mol. The van der Waals surface area contributed by atoms with Crippen molar-refractivity contribution in [1.82, 2.24) is 10.6 Å². The molecule has 0 radical (unpaired) electrons. The van der Waals surface area contributed by atoms with Gasteiger partial charge in [0.15, 0.2) is 5.96 Å². The molecule has 4 heteroatoms. The maximum atomic E-state index is 5.54. The molecule has 0 unspecified atom stereocenters. The zero-order chi connectivity index (χ0) is 11.8. The highest BCUT2D eigenvalue weighted by molar-refractivity contribution is 5.79. The van der Waals surface area contributed by atoms with E-state index in [-0.39, 0.29) is 0 Å². The lowest BCUT2D eigenvalue weighted by Gasteiger charge is -2.12. The van der Waals surface area contributed by atoms with Crippen LogP contribution in [0.2, 0.25) is 0 Å². The summed E-state index contributed by atoms with van der Waals surface area (Å²) in [6.07, 6.45) is 0. The third-order valence-corrected chi connectivity index (χ3v) is 2.18. The van der Waals surface area contributed by atoms with Gasteiger partial charge in [0.25, 0.3) is 0 Å². The van der Waals surface area contributed by atoms with Crippen LogP contribution in [0.4, 0.5) is 0 Å². The Morgan fingerprint density at radius 2 is 2.12 bits per heavy atom. The standard InChI is InChI=1S/C12H19N3O/c1-4-16-11-8-6-5-7-10(11)9-15-12(13-2)14-3/h5-8H,4,9H2,1-3H3,(H2,13,14,15). The zero-order valence-corrected chi connectivity index (χ0v) is 10.1. The molecule has 4 nitrogen and oxygen atoms in total. The Hall–Kier alpha value is -1.71. The molecule has 1 rings (SSSR count). The number of guanidine groups is 1. The highest BCUT2D eigenvalue weighted by Gasteiger charge is 2.02. The number of ether oxygens (including phenoxy) is 1. The Bertz CT molecular complexity index is 350. The van der Waals surface area contributed by atoms with Crippen LogP contribution in [-0.2, 0) is 6.54 Å². The SMILES string of the molecule is CCOc1ccccc1CNC(=NC)NC. The zero-order valence-electron chi connectivity index (χ0n) is 10.1. The Kier molecular flexibility index (Phi) is 5.19. The van der Waals surface area contributed by atoms with Crippen molar-refractivity contribution in [2.24, 2.45) is 4.99 Å². The van der Waals surface area contributed by atoms with Crippen LogP contribution >= 0.6 is 0 Å². The predicted molar refractivity (Wildman–Crippen MR) is 66.9 cm³/mol. The van der Waals surface area contributed by atoms with Gasteiger partial charge >= 0.3 is 0 Å². The van der Waals surface area contributed by atoms with Crippen LogP contribution in [0.15, 0.2) is 29.3 Å². The molecule has 0 atom stereocenters. The summed E-state index contributed by atoms with van der Waals surface area (Å²) in [4.78, 5) is 4.05. The van der Waals surface area contributed by atoms with Crippen molar-refractivity contribution < 1.29 is 4.74 Å². The molecule has 16 heavy (non-hydrogen) atoms. The Labute approximate surface area is 96.7 Å². The van der Waals surface area contributed by atoms with E-state index in [1.165, 1.54) is 0 Å². The fourth-order valence-electron chi connectivity index (χ4n) is 1.40. The smallest absolute Gasteiger partial charge is 0.190 e. The monoisotopic (exact) mass is 221 g/mol. The Morgan fingerprint density at radius 1 is 1.38 bits per heavy atom. The summed E-state index contributed by atoms with van der Waals surface area (Å²) in [5.74, 6) is 1.69. The van der Waals surface area contributed by atoms with Gasteiger partial charge in [0.05, 0.1) is 6.61 Å². The first-order chi connectivity index (χ1) is 7.81. The molecule has 0 bridgehead atoms. The van der Waals surface area contributed by atoms with Gasteiger partial charge in [0, 0.05) is 26.2 Å². The Balaban J connectivity index is 2.65. The van der Waals surface area contributed by atoms with Crippen molar-refractivity contribution >= 4 is 5.96 Å². The second-order valence-electron chi connectivity index (χ2n) is 3.22. The van der Waals surface area contributed by atoms with Crippen LogP contribution in [0.5, 0.6) is 5.75 Å². The molecule has 0 saturated carbocycles. The van der Waals surface area contributed by atoms with E-state index in [9.17, 15) is 0 Å². The summed E-state index contributed by atoms with van der Waals surface area (Å²) in [6, 6.07) is 7.99. The first-order valence-electron chi connectivity index (χ1n) is 5.41. The quantitative estimate of drug-likeness (QED) is 0.596. The lowest BCUT2D eigenvalue weighted by molar-refractivity contribution is 0.336. The molecule has 0 fully saturated rings. The number of rotatable bonds is 4. The fourth-order valence-corrected chi connectivity index (χ4v) is 1.40. The second-order valence-corrected chi connectivity index (χ2v) is 3.22. The number of para-hydroxylation sites is 1. The van der Waals surface area contributed by atoms with E-state index in [0.29, 0.717) is 13.2 Å². The van der Waals surface area contributed by atoms with Gasteiger partial charge in [-0.3, -0.25) is 4.99 Å². The van der Waals surface area contributed by atoms with Crippen molar-refractivity contribution in [3.8, 4) is 5.75 Å². The lowest BCUT2D eigenvalue weighted by Crippen LogP contribution is -2.34. The molecule has 0 spiro atoms. The highest BCUT2D eigenvalue weighted by Crippen LogP contribution is 2.17. The summed E-state index contributed by atoms with van der Waals surface area (Å²) in [5, 5.41) is 6.16. The van der Waals surface area contributed by atoms with Crippen LogP contribution in [-0.4, -0.2) is 26.7 Å². The van der Waals surface area contributed by atoms with Crippen LogP contribution in [0, 0.1) is 0 Å². The van der Waals surface area contributed by atoms with E-state index in [4.69, 9.17) is 4.74 Å². The molecular formula is C12H19N3O. The summed E-state index contributed by atoms with van der Waals surface area (Å²) >= 11 is 0. The van der Waals surface area contributed by atoms with E-state index < -0.39 is 0 Å². The van der Waals surface area contributed by atoms with Gasteiger partial charge < -0.3 is 15.4 Å². The minimum atomic E-state index is 0.678. The Morgan fingerprint density at radius 3 is 2.75 bits per heavy atom. The molecule has 0 heterocycles. The van der Waals surface area contributed by atoms with Crippen molar-refractivity contribution in [3.05, 3.63) is 29.8 Å². The van der Waals surface area contributed by atoms with Gasteiger partial charge in [-0.2, -0.15) is 0 Å². The second kappa shape index (κ2) is 6.71. The van der Waals surface area contributed by atoms with E-state index in [1.54, 1.807) is 7.05 Å². The molecule has 0 aliphatic heterocycles. The van der Waals surface area contributed by atoms with E-state index >= 15 is 0 Å². The van der Waals surface area contributed by atoms with Gasteiger partial charge in [-0.1, -0.05) is 18.2 Å². The first kappa shape index (κ1) is 12.4. The van der Waals surface area contributed by atoms with Gasteiger partial charge in [0.2, 0.25) is 0 Å². The molecule has 0 saturated heterocycles. The van der Waals surface area contributed by atoms with Gasteiger partial charge in [-0.15, -0.1) is 0 Å². The molecule has 1 aromatic rings. The van der Waals surface area contributed by atoms with Crippen molar-refractivity contribution in [2.45, 2.75) is 13.5 Å². The van der Waals surface area contributed by atoms with Crippen molar-refractivity contribution in [3.63, 3.8) is 0 Å². The average Bonchev–Trinajstić information content (AvgIpc) is 2.33. The molecule has 1 aromatic carbocycles. The maximum absolute atomic E-state index is 5.54. The van der Waals surface area contributed by atoms with Crippen LogP contribution in [0.3, 0.4) is 0 Å². The van der Waals surface area contributed by atoms with Crippen molar-refractivity contribution in [1.29, 1.82) is 0 Å². The largest absolute Gasteiger partial charge is 0.494 e. The van der Waals surface area contributed by atoms with Crippen LogP contribution in [0.1, 0.15) is 12.5 Å². The van der Waals surface area contributed by atoms with Crippen LogP contribution < -0.4 is 15.4 Å². The number of benzene rings is 1. The van der Waals surface area contributed by atoms with Crippen LogP contribution in [0.25, 0.3) is 0 Å². The third kappa shape index (κ3) is 3.46. The minimum absolute atomic E-state index is 0.678. The van der Waals surface area contributed by atoms with Gasteiger partial charge in [0.1, 0.15) is 5.75 Å². The molecule has 0 amide bonds. The summed E-state index contributed by atoms with van der Waals surface area (Å²) in [7, 11) is 3.58. The van der Waals surface area contributed by atoms with Gasteiger partial charge in [-0.05, 0) is 13.0 Å². The predicted octanol–water partition coefficient (Wildman–Crippen LogP) is 1.38. The van der Waals surface area contributed by atoms with E-state index in [2.05, 4.69) is 15.6 Å². The fraction of sp³-hybridized carbons (Fsp3) is 0.417. The number of hydrogen-bond donors (Lipinski definition) is 2. The van der Waals surface area contributed by atoms with Gasteiger partial charge in [-0.25, -0.2) is 0 Å². The molecular weight excluding hydrogens is 202 g/mol. The summed E-state index contributed by atoms with van der Waals surface area (Å²) in [5.41, 5.74) is 1.13. The highest BCUT2D eigenvalue weighted by atomic mass is 16.5. The topological polar surface area (TPSA) is 45.6 Å². The molecule has 0 aliphatic carbocycles. The number of nitrogens with zero attached hydrogens (tertiary/aromatic N) is 1. The molecule has 0 aliphatic rings. The molecule has 88 valence electrons. The normalized spacial score (nSPS) is 11.1. The van der Waals surface area contributed by atoms with E-state index in [0.717, 1.165) is 17.3 Å².